The van der Waals surface area contributed by atoms with Crippen LogP contribution >= 0.6 is 23.2 Å². The molecule has 1 heterocycles. The second-order valence-electron chi connectivity index (χ2n) is 4.87. The number of carbonyl (C=O) groups is 1. The Balaban J connectivity index is 1.69. The Hall–Kier alpha value is -2.37. The number of benzene rings is 2. The van der Waals surface area contributed by atoms with Gasteiger partial charge in [0.05, 0.1) is 22.8 Å². The lowest BCUT2D eigenvalue weighted by Crippen LogP contribution is -2.12. The maximum atomic E-state index is 12.2. The summed E-state index contributed by atoms with van der Waals surface area (Å²) in [7, 11) is 0. The molecule has 1 amide bonds. The van der Waals surface area contributed by atoms with Gasteiger partial charge in [0, 0.05) is 5.69 Å². The third kappa shape index (κ3) is 3.88. The predicted octanol–water partition coefficient (Wildman–Crippen LogP) is 3.89. The molecule has 0 spiro atoms. The van der Waals surface area contributed by atoms with E-state index in [-0.39, 0.29) is 11.6 Å². The number of hydrogen-bond donors (Lipinski definition) is 1. The Bertz CT molecular complexity index is 833. The smallest absolute Gasteiger partial charge is 0.277 e. The summed E-state index contributed by atoms with van der Waals surface area (Å²) in [6.45, 7) is 0.549. The SMILES string of the molecule is O=C(Nc1ccc(Cl)c(Cl)c1)c1cn(Cc2ccccc2)nn1. The van der Waals surface area contributed by atoms with E-state index in [1.807, 2.05) is 30.3 Å². The minimum absolute atomic E-state index is 0.229. The number of rotatable bonds is 4. The van der Waals surface area contributed by atoms with Crippen molar-refractivity contribution in [3.8, 4) is 0 Å². The van der Waals surface area contributed by atoms with Crippen LogP contribution in [-0.4, -0.2) is 20.9 Å². The topological polar surface area (TPSA) is 59.8 Å². The molecule has 0 aliphatic heterocycles. The molecule has 116 valence electrons. The van der Waals surface area contributed by atoms with Gasteiger partial charge in [-0.1, -0.05) is 58.7 Å². The molecule has 0 saturated heterocycles. The van der Waals surface area contributed by atoms with Crippen LogP contribution in [0.15, 0.2) is 54.7 Å². The summed E-state index contributed by atoms with van der Waals surface area (Å²) < 4.78 is 1.61. The molecule has 5 nitrogen and oxygen atoms in total. The zero-order valence-electron chi connectivity index (χ0n) is 11.9. The average molecular weight is 347 g/mol. The minimum Gasteiger partial charge on any atom is -0.320 e. The monoisotopic (exact) mass is 346 g/mol. The van der Waals surface area contributed by atoms with Crippen LogP contribution in [0.25, 0.3) is 0 Å². The molecule has 0 atom stereocenters. The molecular weight excluding hydrogens is 335 g/mol. The van der Waals surface area contributed by atoms with Crippen molar-refractivity contribution in [2.75, 3.05) is 5.32 Å². The minimum atomic E-state index is -0.359. The van der Waals surface area contributed by atoms with Gasteiger partial charge in [0.25, 0.3) is 5.91 Å². The molecule has 1 N–H and O–H groups in total. The Morgan fingerprint density at radius 3 is 2.61 bits per heavy atom. The van der Waals surface area contributed by atoms with E-state index in [1.54, 1.807) is 29.1 Å². The molecule has 0 fully saturated rings. The van der Waals surface area contributed by atoms with Gasteiger partial charge >= 0.3 is 0 Å². The van der Waals surface area contributed by atoms with Gasteiger partial charge in [0.1, 0.15) is 0 Å². The summed E-state index contributed by atoms with van der Waals surface area (Å²) in [5.41, 5.74) is 1.85. The van der Waals surface area contributed by atoms with Crippen molar-refractivity contribution in [2.45, 2.75) is 6.54 Å². The summed E-state index contributed by atoms with van der Waals surface area (Å²) >= 11 is 11.8. The number of carbonyl (C=O) groups excluding carboxylic acids is 1. The Kier molecular flexibility index (Phi) is 4.60. The Morgan fingerprint density at radius 2 is 1.87 bits per heavy atom. The third-order valence-corrected chi connectivity index (χ3v) is 3.88. The molecule has 0 aliphatic carbocycles. The van der Waals surface area contributed by atoms with Gasteiger partial charge in [0.2, 0.25) is 0 Å². The first kappa shape index (κ1) is 15.5. The maximum absolute atomic E-state index is 12.2. The molecule has 0 aliphatic rings. The van der Waals surface area contributed by atoms with Crippen molar-refractivity contribution in [3.05, 3.63) is 76.0 Å². The molecule has 1 aromatic heterocycles. The van der Waals surface area contributed by atoms with E-state index in [0.717, 1.165) is 5.56 Å². The first-order chi connectivity index (χ1) is 11.1. The first-order valence-corrected chi connectivity index (χ1v) is 7.58. The lowest BCUT2D eigenvalue weighted by atomic mass is 10.2. The summed E-state index contributed by atoms with van der Waals surface area (Å²) in [4.78, 5) is 12.2. The van der Waals surface area contributed by atoms with Gasteiger partial charge in [0.15, 0.2) is 5.69 Å². The maximum Gasteiger partial charge on any atom is 0.277 e. The van der Waals surface area contributed by atoms with Gasteiger partial charge < -0.3 is 5.32 Å². The van der Waals surface area contributed by atoms with Crippen LogP contribution in [-0.2, 0) is 6.54 Å². The fourth-order valence-corrected chi connectivity index (χ4v) is 2.32. The molecular formula is C16H12Cl2N4O. The largest absolute Gasteiger partial charge is 0.320 e. The van der Waals surface area contributed by atoms with Gasteiger partial charge in [-0.3, -0.25) is 4.79 Å². The lowest BCUT2D eigenvalue weighted by molar-refractivity contribution is 0.102. The van der Waals surface area contributed by atoms with Crippen molar-refractivity contribution < 1.29 is 4.79 Å². The van der Waals surface area contributed by atoms with Gasteiger partial charge in [-0.05, 0) is 23.8 Å². The van der Waals surface area contributed by atoms with E-state index in [2.05, 4.69) is 15.6 Å². The second-order valence-corrected chi connectivity index (χ2v) is 5.68. The molecule has 23 heavy (non-hydrogen) atoms. The van der Waals surface area contributed by atoms with Gasteiger partial charge in [-0.2, -0.15) is 0 Å². The van der Waals surface area contributed by atoms with Crippen molar-refractivity contribution in [1.82, 2.24) is 15.0 Å². The van der Waals surface area contributed by atoms with E-state index in [0.29, 0.717) is 22.3 Å². The lowest BCUT2D eigenvalue weighted by Gasteiger charge is -2.04. The van der Waals surface area contributed by atoms with Crippen LogP contribution in [0.1, 0.15) is 16.1 Å². The van der Waals surface area contributed by atoms with E-state index in [9.17, 15) is 4.79 Å². The van der Waals surface area contributed by atoms with Crippen LogP contribution in [0.4, 0.5) is 5.69 Å². The second kappa shape index (κ2) is 6.81. The van der Waals surface area contributed by atoms with E-state index >= 15 is 0 Å². The normalized spacial score (nSPS) is 10.5. The fourth-order valence-electron chi connectivity index (χ4n) is 2.02. The van der Waals surface area contributed by atoms with Gasteiger partial charge in [-0.25, -0.2) is 4.68 Å². The van der Waals surface area contributed by atoms with Crippen molar-refractivity contribution in [1.29, 1.82) is 0 Å². The van der Waals surface area contributed by atoms with E-state index in [1.165, 1.54) is 0 Å². The highest BCUT2D eigenvalue weighted by Crippen LogP contribution is 2.25. The highest BCUT2D eigenvalue weighted by Gasteiger charge is 2.12. The number of nitrogens with zero attached hydrogens (tertiary/aromatic N) is 3. The van der Waals surface area contributed by atoms with Crippen LogP contribution in [0, 0.1) is 0 Å². The summed E-state index contributed by atoms with van der Waals surface area (Å²) in [6, 6.07) is 14.7. The zero-order valence-corrected chi connectivity index (χ0v) is 13.4. The van der Waals surface area contributed by atoms with Crippen molar-refractivity contribution in [2.24, 2.45) is 0 Å². The number of nitrogens with one attached hydrogen (secondary N) is 1. The zero-order chi connectivity index (χ0) is 16.2. The number of anilines is 1. The molecule has 0 saturated carbocycles. The number of aromatic nitrogens is 3. The van der Waals surface area contributed by atoms with E-state index < -0.39 is 0 Å². The highest BCUT2D eigenvalue weighted by molar-refractivity contribution is 6.42. The average Bonchev–Trinajstić information content (AvgIpc) is 3.00. The predicted molar refractivity (Wildman–Crippen MR) is 90.0 cm³/mol. The molecule has 3 aromatic rings. The standard InChI is InChI=1S/C16H12Cl2N4O/c17-13-7-6-12(8-14(13)18)19-16(23)15-10-22(21-20-15)9-11-4-2-1-3-5-11/h1-8,10H,9H2,(H,19,23). The number of amides is 1. The molecule has 0 radical (unpaired) electrons. The first-order valence-electron chi connectivity index (χ1n) is 6.82. The molecule has 0 unspecified atom stereocenters. The van der Waals surface area contributed by atoms with Crippen LogP contribution in [0.5, 0.6) is 0 Å². The summed E-state index contributed by atoms with van der Waals surface area (Å²) in [5.74, 6) is -0.359. The third-order valence-electron chi connectivity index (χ3n) is 3.14. The number of hydrogen-bond acceptors (Lipinski definition) is 3. The van der Waals surface area contributed by atoms with Gasteiger partial charge in [-0.15, -0.1) is 5.10 Å². The van der Waals surface area contributed by atoms with Crippen molar-refractivity contribution in [3.63, 3.8) is 0 Å². The van der Waals surface area contributed by atoms with Crippen LogP contribution in [0.2, 0.25) is 10.0 Å². The molecule has 0 bridgehead atoms. The van der Waals surface area contributed by atoms with Crippen LogP contribution in [0.3, 0.4) is 0 Å². The number of halogens is 2. The Morgan fingerprint density at radius 1 is 1.09 bits per heavy atom. The summed E-state index contributed by atoms with van der Waals surface area (Å²) in [5, 5.41) is 11.4. The van der Waals surface area contributed by atoms with E-state index in [4.69, 9.17) is 23.2 Å². The quantitative estimate of drug-likeness (QED) is 0.779. The summed E-state index contributed by atoms with van der Waals surface area (Å²) in [6.07, 6.45) is 1.60. The highest BCUT2D eigenvalue weighted by atomic mass is 35.5. The molecule has 2 aromatic carbocycles. The molecule has 7 heteroatoms. The van der Waals surface area contributed by atoms with Crippen molar-refractivity contribution >= 4 is 34.8 Å². The molecule has 3 rings (SSSR count). The van der Waals surface area contributed by atoms with Crippen LogP contribution < -0.4 is 5.32 Å². The fraction of sp³-hybridized carbons (Fsp3) is 0.0625. The Labute approximate surface area is 142 Å².